The molecule has 3 nitrogen and oxygen atoms in total. The Hall–Kier alpha value is -0.280. The molecule has 2 atom stereocenters. The molecule has 19 heavy (non-hydrogen) atoms. The number of halogens is 1. The molecule has 0 aromatic rings. The van der Waals surface area contributed by atoms with Gasteiger partial charge in [-0.05, 0) is 57.5 Å². The summed E-state index contributed by atoms with van der Waals surface area (Å²) in [6.07, 6.45) is 9.68. The molecule has 2 unspecified atom stereocenters. The van der Waals surface area contributed by atoms with Gasteiger partial charge in [0.2, 0.25) is 5.91 Å². The second-order valence-corrected chi connectivity index (χ2v) is 6.15. The molecule has 2 rings (SSSR count). The van der Waals surface area contributed by atoms with Crippen LogP contribution in [-0.2, 0) is 4.79 Å². The van der Waals surface area contributed by atoms with Crippen LogP contribution in [0, 0.1) is 11.8 Å². The van der Waals surface area contributed by atoms with Crippen LogP contribution in [-0.4, -0.2) is 25.0 Å². The lowest BCUT2D eigenvalue weighted by atomic mass is 9.84. The van der Waals surface area contributed by atoms with Crippen LogP contribution in [0.15, 0.2) is 0 Å². The normalized spacial score (nSPS) is 25.6. The number of carbonyl (C=O) groups is 1. The number of hydrogen-bond acceptors (Lipinski definition) is 2. The van der Waals surface area contributed by atoms with Crippen molar-refractivity contribution >= 4 is 18.3 Å². The van der Waals surface area contributed by atoms with Crippen molar-refractivity contribution in [3.8, 4) is 0 Å². The Balaban J connectivity index is 0.00000180. The lowest BCUT2D eigenvalue weighted by molar-refractivity contribution is -0.122. The van der Waals surface area contributed by atoms with Gasteiger partial charge in [-0.15, -0.1) is 12.4 Å². The molecular formula is C15H29ClN2O. The molecule has 0 aromatic heterocycles. The second-order valence-electron chi connectivity index (χ2n) is 6.15. The molecule has 1 heterocycles. The summed E-state index contributed by atoms with van der Waals surface area (Å²) >= 11 is 0. The summed E-state index contributed by atoms with van der Waals surface area (Å²) in [6.45, 7) is 4.42. The Morgan fingerprint density at radius 1 is 1.26 bits per heavy atom. The monoisotopic (exact) mass is 288 g/mol. The largest absolute Gasteiger partial charge is 0.353 e. The van der Waals surface area contributed by atoms with E-state index < -0.39 is 0 Å². The smallest absolute Gasteiger partial charge is 0.220 e. The van der Waals surface area contributed by atoms with Gasteiger partial charge in [-0.25, -0.2) is 0 Å². The summed E-state index contributed by atoms with van der Waals surface area (Å²) in [6, 6.07) is 0.375. The molecule has 2 fully saturated rings. The third-order valence-corrected chi connectivity index (χ3v) is 4.69. The predicted molar refractivity (Wildman–Crippen MR) is 81.6 cm³/mol. The van der Waals surface area contributed by atoms with Crippen LogP contribution in [0.3, 0.4) is 0 Å². The SMILES string of the molecule is CC(NC(=O)CCC1CCNC1)C1CCCCC1.Cl. The third kappa shape index (κ3) is 5.70. The highest BCUT2D eigenvalue weighted by atomic mass is 35.5. The highest BCUT2D eigenvalue weighted by Gasteiger charge is 2.22. The zero-order valence-electron chi connectivity index (χ0n) is 12.1. The van der Waals surface area contributed by atoms with Gasteiger partial charge in [-0.2, -0.15) is 0 Å². The molecule has 4 heteroatoms. The van der Waals surface area contributed by atoms with E-state index in [0.29, 0.717) is 12.5 Å². The van der Waals surface area contributed by atoms with E-state index in [0.717, 1.165) is 31.3 Å². The van der Waals surface area contributed by atoms with Crippen molar-refractivity contribution in [2.75, 3.05) is 13.1 Å². The highest BCUT2D eigenvalue weighted by molar-refractivity contribution is 5.85. The summed E-state index contributed by atoms with van der Waals surface area (Å²) in [4.78, 5) is 11.9. The van der Waals surface area contributed by atoms with Crippen LogP contribution >= 0.6 is 12.4 Å². The molecule has 112 valence electrons. The lowest BCUT2D eigenvalue weighted by Crippen LogP contribution is -2.38. The van der Waals surface area contributed by atoms with Crippen LogP contribution in [0.5, 0.6) is 0 Å². The second kappa shape index (κ2) is 8.80. The van der Waals surface area contributed by atoms with E-state index in [9.17, 15) is 4.79 Å². The standard InChI is InChI=1S/C15H28N2O.ClH/c1-12(14-5-3-2-4-6-14)17-15(18)8-7-13-9-10-16-11-13;/h12-14,16H,2-11H2,1H3,(H,17,18);1H. The molecule has 0 spiro atoms. The van der Waals surface area contributed by atoms with Crippen LogP contribution in [0.2, 0.25) is 0 Å². The van der Waals surface area contributed by atoms with E-state index in [1.807, 2.05) is 0 Å². The van der Waals surface area contributed by atoms with Crippen molar-refractivity contribution in [2.24, 2.45) is 11.8 Å². The first-order chi connectivity index (χ1) is 8.75. The Labute approximate surface area is 123 Å². The van der Waals surface area contributed by atoms with E-state index in [2.05, 4.69) is 17.6 Å². The zero-order chi connectivity index (χ0) is 12.8. The maximum Gasteiger partial charge on any atom is 0.220 e. The molecule has 0 bridgehead atoms. The van der Waals surface area contributed by atoms with E-state index >= 15 is 0 Å². The fourth-order valence-electron chi connectivity index (χ4n) is 3.37. The predicted octanol–water partition coefficient (Wildman–Crippen LogP) is 2.88. The van der Waals surface area contributed by atoms with E-state index in [4.69, 9.17) is 0 Å². The molecule has 0 radical (unpaired) electrons. The van der Waals surface area contributed by atoms with Gasteiger partial charge >= 0.3 is 0 Å². The number of nitrogens with one attached hydrogen (secondary N) is 2. The Kier molecular flexibility index (Phi) is 7.77. The summed E-state index contributed by atoms with van der Waals surface area (Å²) in [5.41, 5.74) is 0. The zero-order valence-corrected chi connectivity index (χ0v) is 12.9. The maximum absolute atomic E-state index is 11.9. The third-order valence-electron chi connectivity index (χ3n) is 4.69. The number of carbonyl (C=O) groups excluding carboxylic acids is 1. The summed E-state index contributed by atoms with van der Waals surface area (Å²) < 4.78 is 0. The molecule has 1 saturated heterocycles. The summed E-state index contributed by atoms with van der Waals surface area (Å²) in [7, 11) is 0. The van der Waals surface area contributed by atoms with Gasteiger partial charge in [-0.3, -0.25) is 4.79 Å². The first kappa shape index (κ1) is 16.8. The van der Waals surface area contributed by atoms with Crippen LogP contribution < -0.4 is 10.6 Å². The van der Waals surface area contributed by atoms with Crippen LogP contribution in [0.1, 0.15) is 58.3 Å². The van der Waals surface area contributed by atoms with Crippen molar-refractivity contribution in [1.82, 2.24) is 10.6 Å². The van der Waals surface area contributed by atoms with Gasteiger partial charge in [0, 0.05) is 12.5 Å². The minimum Gasteiger partial charge on any atom is -0.353 e. The minimum atomic E-state index is 0. The van der Waals surface area contributed by atoms with Crippen molar-refractivity contribution < 1.29 is 4.79 Å². The molecule has 1 saturated carbocycles. The van der Waals surface area contributed by atoms with Crippen LogP contribution in [0.25, 0.3) is 0 Å². The molecule has 2 N–H and O–H groups in total. The van der Waals surface area contributed by atoms with Crippen LogP contribution in [0.4, 0.5) is 0 Å². The molecule has 0 aromatic carbocycles. The Morgan fingerprint density at radius 3 is 2.63 bits per heavy atom. The van der Waals surface area contributed by atoms with Gasteiger partial charge in [-0.1, -0.05) is 19.3 Å². The number of rotatable bonds is 5. The topological polar surface area (TPSA) is 41.1 Å². The van der Waals surface area contributed by atoms with Crippen molar-refractivity contribution in [3.05, 3.63) is 0 Å². The number of hydrogen-bond donors (Lipinski definition) is 2. The quantitative estimate of drug-likeness (QED) is 0.817. The highest BCUT2D eigenvalue weighted by Crippen LogP contribution is 2.26. The first-order valence-electron chi connectivity index (χ1n) is 7.76. The van der Waals surface area contributed by atoms with Crippen molar-refractivity contribution in [2.45, 2.75) is 64.3 Å². The van der Waals surface area contributed by atoms with E-state index in [1.54, 1.807) is 0 Å². The number of amides is 1. The fourth-order valence-corrected chi connectivity index (χ4v) is 3.37. The molecule has 2 aliphatic rings. The van der Waals surface area contributed by atoms with Gasteiger partial charge in [0.15, 0.2) is 0 Å². The summed E-state index contributed by atoms with van der Waals surface area (Å²) in [5, 5.41) is 6.57. The first-order valence-corrected chi connectivity index (χ1v) is 7.76. The minimum absolute atomic E-state index is 0. The average Bonchev–Trinajstić information content (AvgIpc) is 2.90. The fraction of sp³-hybridized carbons (Fsp3) is 0.933. The lowest BCUT2D eigenvalue weighted by Gasteiger charge is -2.28. The molecule has 1 amide bonds. The average molecular weight is 289 g/mol. The van der Waals surface area contributed by atoms with Gasteiger partial charge in [0.25, 0.3) is 0 Å². The van der Waals surface area contributed by atoms with Gasteiger partial charge < -0.3 is 10.6 Å². The Morgan fingerprint density at radius 2 is 2.00 bits per heavy atom. The summed E-state index contributed by atoms with van der Waals surface area (Å²) in [5.74, 6) is 1.71. The Bertz CT molecular complexity index is 261. The van der Waals surface area contributed by atoms with E-state index in [1.165, 1.54) is 38.5 Å². The van der Waals surface area contributed by atoms with Gasteiger partial charge in [0.05, 0.1) is 0 Å². The maximum atomic E-state index is 11.9. The van der Waals surface area contributed by atoms with Crippen molar-refractivity contribution in [1.29, 1.82) is 0 Å². The van der Waals surface area contributed by atoms with Crippen molar-refractivity contribution in [3.63, 3.8) is 0 Å². The molecular weight excluding hydrogens is 260 g/mol. The molecule has 1 aliphatic heterocycles. The van der Waals surface area contributed by atoms with Gasteiger partial charge in [0.1, 0.15) is 0 Å². The van der Waals surface area contributed by atoms with E-state index in [-0.39, 0.29) is 18.3 Å². The molecule has 1 aliphatic carbocycles.